The lowest BCUT2D eigenvalue weighted by molar-refractivity contribution is 1.06. The molecule has 0 radical (unpaired) electrons. The minimum absolute atomic E-state index is 0.780. The highest BCUT2D eigenvalue weighted by Crippen LogP contribution is 2.20. The number of rotatable bonds is 1. The van der Waals surface area contributed by atoms with Crippen molar-refractivity contribution in [2.75, 3.05) is 0 Å². The van der Waals surface area contributed by atoms with Crippen molar-refractivity contribution in [3.8, 4) is 11.3 Å². The Morgan fingerprint density at radius 2 is 2.06 bits per heavy atom. The summed E-state index contributed by atoms with van der Waals surface area (Å²) in [5, 5.41) is 0. The van der Waals surface area contributed by atoms with E-state index < -0.39 is 0 Å². The molecule has 3 rings (SSSR count). The van der Waals surface area contributed by atoms with Gasteiger partial charge in [0.25, 0.3) is 0 Å². The molecule has 2 aromatic heterocycles. The minimum Gasteiger partial charge on any atom is -0.345 e. The van der Waals surface area contributed by atoms with Crippen LogP contribution in [0.4, 0.5) is 0 Å². The van der Waals surface area contributed by atoms with Crippen molar-refractivity contribution in [2.24, 2.45) is 0 Å². The average molecular weight is 210 g/mol. The number of aromatic amines is 1. The number of aromatic nitrogens is 4. The van der Waals surface area contributed by atoms with Gasteiger partial charge in [0.15, 0.2) is 0 Å². The highest BCUT2D eigenvalue weighted by atomic mass is 14.9. The van der Waals surface area contributed by atoms with Gasteiger partial charge in [-0.05, 0) is 25.1 Å². The minimum atomic E-state index is 0.780. The molecule has 0 unspecified atom stereocenters. The van der Waals surface area contributed by atoms with E-state index in [1.807, 2.05) is 31.2 Å². The van der Waals surface area contributed by atoms with Gasteiger partial charge in [0, 0.05) is 11.8 Å². The van der Waals surface area contributed by atoms with Crippen LogP contribution in [0.25, 0.3) is 22.3 Å². The number of hydrogen-bond acceptors (Lipinski definition) is 3. The van der Waals surface area contributed by atoms with E-state index >= 15 is 0 Å². The van der Waals surface area contributed by atoms with E-state index in [0.717, 1.165) is 28.1 Å². The molecule has 2 heterocycles. The Morgan fingerprint density at radius 1 is 1.12 bits per heavy atom. The molecule has 0 saturated heterocycles. The van der Waals surface area contributed by atoms with Crippen LogP contribution in [0.3, 0.4) is 0 Å². The van der Waals surface area contributed by atoms with Gasteiger partial charge in [0.05, 0.1) is 23.1 Å². The number of imidazole rings is 1. The van der Waals surface area contributed by atoms with Gasteiger partial charge >= 0.3 is 0 Å². The molecule has 0 aliphatic heterocycles. The molecular formula is C12H10N4. The molecule has 0 amide bonds. The van der Waals surface area contributed by atoms with Gasteiger partial charge in [0.1, 0.15) is 5.82 Å². The smallest absolute Gasteiger partial charge is 0.125 e. The molecule has 0 spiro atoms. The van der Waals surface area contributed by atoms with Crippen LogP contribution in [-0.2, 0) is 0 Å². The van der Waals surface area contributed by atoms with Crippen molar-refractivity contribution in [3.05, 3.63) is 42.6 Å². The summed E-state index contributed by atoms with van der Waals surface area (Å²) in [4.78, 5) is 15.7. The molecule has 0 fully saturated rings. The maximum absolute atomic E-state index is 4.39. The number of nitrogens with one attached hydrogen (secondary N) is 1. The fourth-order valence-electron chi connectivity index (χ4n) is 1.71. The fraction of sp³-hybridized carbons (Fsp3) is 0.0833. The predicted octanol–water partition coefficient (Wildman–Crippen LogP) is 2.33. The molecule has 4 heteroatoms. The second kappa shape index (κ2) is 3.41. The zero-order valence-electron chi connectivity index (χ0n) is 8.81. The molecule has 0 aliphatic rings. The number of nitrogens with zero attached hydrogens (tertiary/aromatic N) is 3. The van der Waals surface area contributed by atoms with Gasteiger partial charge in [-0.15, -0.1) is 0 Å². The first-order valence-electron chi connectivity index (χ1n) is 5.06. The summed E-state index contributed by atoms with van der Waals surface area (Å²) >= 11 is 0. The predicted molar refractivity (Wildman–Crippen MR) is 61.9 cm³/mol. The second-order valence-corrected chi connectivity index (χ2v) is 3.62. The van der Waals surface area contributed by atoms with E-state index in [1.54, 1.807) is 12.5 Å². The number of fused-ring (bicyclic) bond motifs is 1. The average Bonchev–Trinajstić information content (AvgIpc) is 2.75. The summed E-state index contributed by atoms with van der Waals surface area (Å²) in [6.45, 7) is 1.89. The van der Waals surface area contributed by atoms with E-state index in [1.165, 1.54) is 0 Å². The topological polar surface area (TPSA) is 54.5 Å². The Hall–Kier alpha value is -2.23. The summed E-state index contributed by atoms with van der Waals surface area (Å²) < 4.78 is 0. The number of benzene rings is 1. The van der Waals surface area contributed by atoms with Gasteiger partial charge < -0.3 is 4.98 Å². The normalized spacial score (nSPS) is 10.8. The van der Waals surface area contributed by atoms with Crippen molar-refractivity contribution >= 4 is 11.0 Å². The molecule has 0 saturated carbocycles. The van der Waals surface area contributed by atoms with E-state index in [9.17, 15) is 0 Å². The van der Waals surface area contributed by atoms with Crippen LogP contribution in [0.5, 0.6) is 0 Å². The fourth-order valence-corrected chi connectivity index (χ4v) is 1.71. The van der Waals surface area contributed by atoms with E-state index in [0.29, 0.717) is 0 Å². The Balaban J connectivity index is 2.18. The van der Waals surface area contributed by atoms with E-state index in [2.05, 4.69) is 19.9 Å². The van der Waals surface area contributed by atoms with Gasteiger partial charge in [-0.25, -0.2) is 15.0 Å². The lowest BCUT2D eigenvalue weighted by atomic mass is 10.1. The lowest BCUT2D eigenvalue weighted by Crippen LogP contribution is -1.89. The zero-order chi connectivity index (χ0) is 11.0. The quantitative estimate of drug-likeness (QED) is 0.670. The van der Waals surface area contributed by atoms with E-state index in [-0.39, 0.29) is 0 Å². The third kappa shape index (κ3) is 1.44. The molecule has 16 heavy (non-hydrogen) atoms. The SMILES string of the molecule is Cc1nccc(-c2ccc3nc[nH]c3c2)n1. The van der Waals surface area contributed by atoms with Gasteiger partial charge in [0.2, 0.25) is 0 Å². The summed E-state index contributed by atoms with van der Waals surface area (Å²) in [5.74, 6) is 0.780. The van der Waals surface area contributed by atoms with Crippen LogP contribution in [-0.4, -0.2) is 19.9 Å². The third-order valence-electron chi connectivity index (χ3n) is 2.49. The molecule has 0 aliphatic carbocycles. The van der Waals surface area contributed by atoms with Crippen LogP contribution in [0, 0.1) is 6.92 Å². The number of aryl methyl sites for hydroxylation is 1. The van der Waals surface area contributed by atoms with Gasteiger partial charge in [-0.3, -0.25) is 0 Å². The molecule has 0 atom stereocenters. The molecule has 78 valence electrons. The van der Waals surface area contributed by atoms with Crippen molar-refractivity contribution in [2.45, 2.75) is 6.92 Å². The van der Waals surface area contributed by atoms with Crippen LogP contribution >= 0.6 is 0 Å². The molecule has 1 aromatic carbocycles. The van der Waals surface area contributed by atoms with Crippen molar-refractivity contribution in [1.29, 1.82) is 0 Å². The van der Waals surface area contributed by atoms with E-state index in [4.69, 9.17) is 0 Å². The van der Waals surface area contributed by atoms with Gasteiger partial charge in [-0.1, -0.05) is 6.07 Å². The van der Waals surface area contributed by atoms with Crippen LogP contribution in [0.15, 0.2) is 36.8 Å². The first kappa shape index (κ1) is 9.03. The van der Waals surface area contributed by atoms with Crippen LogP contribution < -0.4 is 0 Å². The maximum Gasteiger partial charge on any atom is 0.125 e. The number of H-pyrrole nitrogens is 1. The highest BCUT2D eigenvalue weighted by Gasteiger charge is 2.02. The maximum atomic E-state index is 4.39. The molecule has 1 N–H and O–H groups in total. The lowest BCUT2D eigenvalue weighted by Gasteiger charge is -2.01. The second-order valence-electron chi connectivity index (χ2n) is 3.62. The van der Waals surface area contributed by atoms with Crippen LogP contribution in [0.2, 0.25) is 0 Å². The standard InChI is InChI=1S/C12H10N4/c1-8-13-5-4-10(16-8)9-2-3-11-12(6-9)15-7-14-11/h2-7H,1H3,(H,14,15). The Morgan fingerprint density at radius 3 is 2.94 bits per heavy atom. The highest BCUT2D eigenvalue weighted by molar-refractivity contribution is 5.80. The van der Waals surface area contributed by atoms with Crippen molar-refractivity contribution in [1.82, 2.24) is 19.9 Å². The Labute approximate surface area is 92.4 Å². The first-order chi connectivity index (χ1) is 7.83. The molecule has 0 bridgehead atoms. The third-order valence-corrected chi connectivity index (χ3v) is 2.49. The van der Waals surface area contributed by atoms with Crippen molar-refractivity contribution < 1.29 is 0 Å². The van der Waals surface area contributed by atoms with Crippen LogP contribution in [0.1, 0.15) is 5.82 Å². The molecular weight excluding hydrogens is 200 g/mol. The monoisotopic (exact) mass is 210 g/mol. The Kier molecular flexibility index (Phi) is 1.93. The largest absolute Gasteiger partial charge is 0.345 e. The molecule has 3 aromatic rings. The van der Waals surface area contributed by atoms with Crippen molar-refractivity contribution in [3.63, 3.8) is 0 Å². The Bertz CT molecular complexity index is 642. The first-order valence-corrected chi connectivity index (χ1v) is 5.06. The summed E-state index contributed by atoms with van der Waals surface area (Å²) in [7, 11) is 0. The van der Waals surface area contributed by atoms with Gasteiger partial charge in [-0.2, -0.15) is 0 Å². The molecule has 4 nitrogen and oxygen atoms in total. The summed E-state index contributed by atoms with van der Waals surface area (Å²) in [6.07, 6.45) is 3.47. The summed E-state index contributed by atoms with van der Waals surface area (Å²) in [6, 6.07) is 7.96. The number of hydrogen-bond donors (Lipinski definition) is 1. The summed E-state index contributed by atoms with van der Waals surface area (Å²) in [5.41, 5.74) is 3.99. The zero-order valence-corrected chi connectivity index (χ0v) is 8.81.